The van der Waals surface area contributed by atoms with Crippen molar-refractivity contribution in [1.82, 2.24) is 0 Å². The number of carbonyl (C=O) groups is 2. The first-order valence-corrected chi connectivity index (χ1v) is 11.1. The van der Waals surface area contributed by atoms with Crippen molar-refractivity contribution in [3.63, 3.8) is 0 Å². The third kappa shape index (κ3) is 7.63. The molecule has 0 unspecified atom stereocenters. The van der Waals surface area contributed by atoms with Crippen LogP contribution in [0.25, 0.3) is 23.0 Å². The number of nitrogen functional groups attached to an aromatic ring is 2. The molecule has 0 radical (unpaired) electrons. The van der Waals surface area contributed by atoms with Gasteiger partial charge >= 0.3 is 11.9 Å². The number of ether oxygens (including phenoxy) is 3. The molecule has 3 aromatic rings. The third-order valence-electron chi connectivity index (χ3n) is 4.96. The van der Waals surface area contributed by atoms with Crippen LogP contribution in [-0.2, 0) is 19.1 Å². The summed E-state index contributed by atoms with van der Waals surface area (Å²) in [5, 5.41) is 0. The van der Waals surface area contributed by atoms with Gasteiger partial charge in [0.15, 0.2) is 0 Å². The Kier molecular flexibility index (Phi) is 8.67. The summed E-state index contributed by atoms with van der Waals surface area (Å²) in [6.07, 6.45) is 2.97. The number of hydrogen-bond acceptors (Lipinski definition) is 7. The smallest absolute Gasteiger partial charge is 0.333 e. The normalized spacial score (nSPS) is 10.6. The van der Waals surface area contributed by atoms with Crippen LogP contribution in [0, 0.1) is 0 Å². The molecule has 0 saturated heterocycles. The molecule has 0 atom stereocenters. The summed E-state index contributed by atoms with van der Waals surface area (Å²) in [4.78, 5) is 23.1. The predicted octanol–water partition coefficient (Wildman–Crippen LogP) is 5.24. The lowest BCUT2D eigenvalue weighted by Crippen LogP contribution is -2.12. The SMILES string of the molecule is C=C(C)C(=O)OCCOC(=O)/C=C/c1ccc(-c2ccc(OC(=C)c3cc(N)cc(N)c3)cc2)cc1. The maximum atomic E-state index is 11.8. The molecule has 36 heavy (non-hydrogen) atoms. The molecule has 0 aliphatic heterocycles. The van der Waals surface area contributed by atoms with Crippen molar-refractivity contribution >= 4 is 35.1 Å². The van der Waals surface area contributed by atoms with Crippen molar-refractivity contribution in [3.8, 4) is 16.9 Å². The molecule has 0 fully saturated rings. The number of hydrogen-bond donors (Lipinski definition) is 2. The summed E-state index contributed by atoms with van der Waals surface area (Å²) < 4.78 is 15.7. The highest BCUT2D eigenvalue weighted by Crippen LogP contribution is 2.27. The maximum absolute atomic E-state index is 11.8. The van der Waals surface area contributed by atoms with Crippen molar-refractivity contribution in [3.05, 3.63) is 103 Å². The van der Waals surface area contributed by atoms with Crippen LogP contribution in [0.2, 0.25) is 0 Å². The highest BCUT2D eigenvalue weighted by Gasteiger charge is 2.06. The standard InChI is InChI=1S/C29H28N2O5/c1-19(2)29(33)35-15-14-34-28(32)13-6-21-4-7-22(8-5-21)23-9-11-27(12-10-23)36-20(3)24-16-25(30)18-26(31)17-24/h4-13,16-18H,1,3,14-15,30-31H2,2H3/b13-6+. The minimum atomic E-state index is -0.525. The lowest BCUT2D eigenvalue weighted by molar-refractivity contribution is -0.146. The van der Waals surface area contributed by atoms with E-state index in [1.165, 1.54) is 6.08 Å². The van der Waals surface area contributed by atoms with Crippen molar-refractivity contribution in [2.24, 2.45) is 0 Å². The van der Waals surface area contributed by atoms with Gasteiger partial charge in [0.05, 0.1) is 0 Å². The van der Waals surface area contributed by atoms with Gasteiger partial charge in [0, 0.05) is 28.6 Å². The van der Waals surface area contributed by atoms with Crippen molar-refractivity contribution in [2.45, 2.75) is 6.92 Å². The Bertz CT molecular complexity index is 1270. The van der Waals surface area contributed by atoms with Gasteiger partial charge in [-0.15, -0.1) is 0 Å². The topological polar surface area (TPSA) is 114 Å². The van der Waals surface area contributed by atoms with Crippen LogP contribution in [0.4, 0.5) is 11.4 Å². The molecule has 0 aliphatic carbocycles. The van der Waals surface area contributed by atoms with Crippen molar-refractivity contribution in [2.75, 3.05) is 24.7 Å². The molecule has 0 aliphatic rings. The van der Waals surface area contributed by atoms with E-state index >= 15 is 0 Å². The molecule has 0 bridgehead atoms. The number of esters is 2. The average molecular weight is 485 g/mol. The Balaban J connectivity index is 1.52. The molecule has 4 N–H and O–H groups in total. The van der Waals surface area contributed by atoms with Gasteiger partial charge in [-0.3, -0.25) is 0 Å². The molecule has 0 heterocycles. The summed E-state index contributed by atoms with van der Waals surface area (Å²) >= 11 is 0. The van der Waals surface area contributed by atoms with Crippen LogP contribution in [0.1, 0.15) is 18.1 Å². The van der Waals surface area contributed by atoms with E-state index in [1.54, 1.807) is 31.2 Å². The van der Waals surface area contributed by atoms with Crippen LogP contribution in [0.5, 0.6) is 5.75 Å². The fraction of sp³-hybridized carbons (Fsp3) is 0.103. The Morgan fingerprint density at radius 1 is 0.833 bits per heavy atom. The summed E-state index contributed by atoms with van der Waals surface area (Å²) in [7, 11) is 0. The van der Waals surface area contributed by atoms with E-state index in [0.29, 0.717) is 28.5 Å². The van der Waals surface area contributed by atoms with Gasteiger partial charge in [0.1, 0.15) is 24.7 Å². The molecule has 3 rings (SSSR count). The Morgan fingerprint density at radius 3 is 1.97 bits per heavy atom. The Morgan fingerprint density at radius 2 is 1.39 bits per heavy atom. The zero-order chi connectivity index (χ0) is 26.1. The Labute approximate surface area is 210 Å². The molecule has 0 spiro atoms. The maximum Gasteiger partial charge on any atom is 0.333 e. The molecule has 0 amide bonds. The highest BCUT2D eigenvalue weighted by atomic mass is 16.6. The fourth-order valence-electron chi connectivity index (χ4n) is 3.15. The molecule has 3 aromatic carbocycles. The summed E-state index contributed by atoms with van der Waals surface area (Å²) in [5.41, 5.74) is 16.6. The first-order chi connectivity index (χ1) is 17.2. The van der Waals surface area contributed by atoms with E-state index < -0.39 is 11.9 Å². The van der Waals surface area contributed by atoms with E-state index in [4.69, 9.17) is 25.7 Å². The van der Waals surface area contributed by atoms with Crippen molar-refractivity contribution < 1.29 is 23.8 Å². The first kappa shape index (κ1) is 25.8. The zero-order valence-corrected chi connectivity index (χ0v) is 20.0. The summed E-state index contributed by atoms with van der Waals surface area (Å²) in [5.74, 6) is 0.0442. The molecule has 0 saturated carbocycles. The van der Waals surface area contributed by atoms with Crippen molar-refractivity contribution in [1.29, 1.82) is 0 Å². The second-order valence-electron chi connectivity index (χ2n) is 7.98. The van der Waals surface area contributed by atoms with Gasteiger partial charge in [-0.05, 0) is 60.0 Å². The predicted molar refractivity (Wildman–Crippen MR) is 143 cm³/mol. The average Bonchev–Trinajstić information content (AvgIpc) is 2.85. The van der Waals surface area contributed by atoms with E-state index in [9.17, 15) is 9.59 Å². The largest absolute Gasteiger partial charge is 0.459 e. The van der Waals surface area contributed by atoms with Gasteiger partial charge in [-0.1, -0.05) is 49.6 Å². The number of carbonyl (C=O) groups excluding carboxylic acids is 2. The summed E-state index contributed by atoms with van der Waals surface area (Å²) in [6.45, 7) is 8.94. The van der Waals surface area contributed by atoms with Gasteiger partial charge in [0.2, 0.25) is 0 Å². The molecule has 7 heteroatoms. The second kappa shape index (κ2) is 12.1. The fourth-order valence-corrected chi connectivity index (χ4v) is 3.15. The third-order valence-corrected chi connectivity index (χ3v) is 4.96. The van der Waals surface area contributed by atoms with Crippen LogP contribution in [-0.4, -0.2) is 25.2 Å². The first-order valence-electron chi connectivity index (χ1n) is 11.1. The van der Waals surface area contributed by atoms with E-state index in [0.717, 1.165) is 22.3 Å². The molecule has 7 nitrogen and oxygen atoms in total. The Hall–Kier alpha value is -4.78. The van der Waals surface area contributed by atoms with E-state index in [2.05, 4.69) is 13.2 Å². The number of anilines is 2. The number of nitrogens with two attached hydrogens (primary N) is 2. The monoisotopic (exact) mass is 484 g/mol. The quantitative estimate of drug-likeness (QED) is 0.133. The minimum Gasteiger partial charge on any atom is -0.459 e. The van der Waals surface area contributed by atoms with E-state index in [-0.39, 0.29) is 13.2 Å². The van der Waals surface area contributed by atoms with Crippen LogP contribution in [0.3, 0.4) is 0 Å². The molecular formula is C29H28N2O5. The lowest BCUT2D eigenvalue weighted by Gasteiger charge is -2.11. The molecule has 184 valence electrons. The van der Waals surface area contributed by atoms with Crippen LogP contribution >= 0.6 is 0 Å². The molecular weight excluding hydrogens is 456 g/mol. The molecule has 0 aromatic heterocycles. The van der Waals surface area contributed by atoms with E-state index in [1.807, 2.05) is 48.5 Å². The van der Waals surface area contributed by atoms with Gasteiger partial charge in [-0.25, -0.2) is 9.59 Å². The zero-order valence-electron chi connectivity index (χ0n) is 20.0. The van der Waals surface area contributed by atoms with Gasteiger partial charge in [0.25, 0.3) is 0 Å². The lowest BCUT2D eigenvalue weighted by atomic mass is 10.0. The van der Waals surface area contributed by atoms with Crippen LogP contribution in [0.15, 0.2) is 91.5 Å². The number of rotatable bonds is 10. The highest BCUT2D eigenvalue weighted by molar-refractivity contribution is 5.88. The second-order valence-corrected chi connectivity index (χ2v) is 7.98. The van der Waals surface area contributed by atoms with Gasteiger partial charge < -0.3 is 25.7 Å². The summed E-state index contributed by atoms with van der Waals surface area (Å²) in [6, 6.07) is 20.5. The number of benzene rings is 3. The van der Waals surface area contributed by atoms with Gasteiger partial charge in [-0.2, -0.15) is 0 Å². The minimum absolute atomic E-state index is 0.0204. The van der Waals surface area contributed by atoms with Crippen LogP contribution < -0.4 is 16.2 Å².